The van der Waals surface area contributed by atoms with E-state index >= 15 is 0 Å². The zero-order chi connectivity index (χ0) is 16.0. The lowest BCUT2D eigenvalue weighted by atomic mass is 10.2. The normalized spacial score (nSPS) is 12.3. The first kappa shape index (κ1) is 15.0. The van der Waals surface area contributed by atoms with Crippen molar-refractivity contribution in [1.29, 1.82) is 0 Å². The fourth-order valence-electron chi connectivity index (χ4n) is 2.30. The summed E-state index contributed by atoms with van der Waals surface area (Å²) in [6.45, 7) is 0. The van der Waals surface area contributed by atoms with Crippen LogP contribution < -0.4 is 15.1 Å². The van der Waals surface area contributed by atoms with Crippen LogP contribution in [0, 0.1) is 11.6 Å². The van der Waals surface area contributed by atoms with Gasteiger partial charge in [-0.05, 0) is 24.3 Å². The van der Waals surface area contributed by atoms with E-state index in [2.05, 4.69) is 5.32 Å². The Balaban J connectivity index is 2.10. The second-order valence-corrected chi connectivity index (χ2v) is 6.70. The molecule has 1 aliphatic rings. The summed E-state index contributed by atoms with van der Waals surface area (Å²) in [6, 6.07) is 6.70. The molecule has 1 aliphatic heterocycles. The first-order chi connectivity index (χ1) is 10.4. The lowest BCUT2D eigenvalue weighted by Crippen LogP contribution is -2.13. The second-order valence-electron chi connectivity index (χ2n) is 5.62. The highest BCUT2D eigenvalue weighted by molar-refractivity contribution is 7.99. The maximum atomic E-state index is 14.3. The van der Waals surface area contributed by atoms with Gasteiger partial charge in [-0.3, -0.25) is 0 Å². The third kappa shape index (κ3) is 2.47. The van der Waals surface area contributed by atoms with Crippen molar-refractivity contribution in [2.45, 2.75) is 9.79 Å². The van der Waals surface area contributed by atoms with E-state index in [0.717, 1.165) is 21.2 Å². The molecule has 0 aromatic heterocycles. The van der Waals surface area contributed by atoms with E-state index in [4.69, 9.17) is 0 Å². The molecule has 1 N–H and O–H groups in total. The van der Waals surface area contributed by atoms with Crippen LogP contribution in [-0.2, 0) is 0 Å². The van der Waals surface area contributed by atoms with E-state index in [1.165, 1.54) is 23.9 Å². The van der Waals surface area contributed by atoms with Gasteiger partial charge in [0, 0.05) is 49.4 Å². The monoisotopic (exact) mass is 321 g/mol. The van der Waals surface area contributed by atoms with Gasteiger partial charge in [-0.1, -0.05) is 11.8 Å². The first-order valence-corrected chi connectivity index (χ1v) is 7.65. The molecule has 0 spiro atoms. The van der Waals surface area contributed by atoms with Crippen molar-refractivity contribution in [1.82, 2.24) is 0 Å². The summed E-state index contributed by atoms with van der Waals surface area (Å²) < 4.78 is 28.6. The first-order valence-electron chi connectivity index (χ1n) is 6.83. The van der Waals surface area contributed by atoms with E-state index in [9.17, 15) is 8.78 Å². The molecule has 3 nitrogen and oxygen atoms in total. The van der Waals surface area contributed by atoms with Gasteiger partial charge < -0.3 is 15.1 Å². The van der Waals surface area contributed by atoms with E-state index in [1.807, 2.05) is 50.1 Å². The SMILES string of the molecule is CN(C)c1cc(F)c2c(c1)Sc1cc(N(C)C)cc(F)c1N2. The van der Waals surface area contributed by atoms with Crippen LogP contribution in [0.2, 0.25) is 0 Å². The van der Waals surface area contributed by atoms with Crippen molar-refractivity contribution in [3.05, 3.63) is 35.9 Å². The Kier molecular flexibility index (Phi) is 3.64. The highest BCUT2D eigenvalue weighted by Crippen LogP contribution is 2.48. The van der Waals surface area contributed by atoms with Gasteiger partial charge in [0.1, 0.15) is 11.6 Å². The number of hydrogen-bond acceptors (Lipinski definition) is 4. The van der Waals surface area contributed by atoms with Gasteiger partial charge in [0.25, 0.3) is 0 Å². The Hall–Kier alpha value is -1.95. The van der Waals surface area contributed by atoms with Crippen molar-refractivity contribution in [2.24, 2.45) is 0 Å². The van der Waals surface area contributed by atoms with Crippen LogP contribution in [0.5, 0.6) is 0 Å². The Bertz CT molecular complexity index is 683. The van der Waals surface area contributed by atoms with E-state index in [1.54, 1.807) is 0 Å². The van der Waals surface area contributed by atoms with Gasteiger partial charge in [0.15, 0.2) is 0 Å². The Morgan fingerprint density at radius 1 is 0.773 bits per heavy atom. The average molecular weight is 321 g/mol. The smallest absolute Gasteiger partial charge is 0.149 e. The van der Waals surface area contributed by atoms with Gasteiger partial charge >= 0.3 is 0 Å². The van der Waals surface area contributed by atoms with Crippen molar-refractivity contribution < 1.29 is 8.78 Å². The number of anilines is 4. The third-order valence-electron chi connectivity index (χ3n) is 3.58. The maximum Gasteiger partial charge on any atom is 0.149 e. The fraction of sp³-hybridized carbons (Fsp3) is 0.250. The predicted molar refractivity (Wildman–Crippen MR) is 88.9 cm³/mol. The number of nitrogens with zero attached hydrogens (tertiary/aromatic N) is 2. The van der Waals surface area contributed by atoms with Gasteiger partial charge in [-0.15, -0.1) is 0 Å². The zero-order valence-electron chi connectivity index (χ0n) is 12.9. The molecule has 0 amide bonds. The summed E-state index contributed by atoms with van der Waals surface area (Å²) in [7, 11) is 7.44. The molecule has 2 aromatic rings. The highest BCUT2D eigenvalue weighted by Gasteiger charge is 2.23. The Labute approximate surface area is 132 Å². The molecule has 0 aliphatic carbocycles. The summed E-state index contributed by atoms with van der Waals surface area (Å²) in [4.78, 5) is 5.20. The Morgan fingerprint density at radius 2 is 1.18 bits per heavy atom. The molecule has 0 radical (unpaired) electrons. The molecule has 116 valence electrons. The zero-order valence-corrected chi connectivity index (χ0v) is 13.7. The molecular weight excluding hydrogens is 304 g/mol. The fourth-order valence-corrected chi connectivity index (χ4v) is 3.40. The van der Waals surface area contributed by atoms with E-state index in [-0.39, 0.29) is 11.6 Å². The van der Waals surface area contributed by atoms with Crippen LogP contribution in [0.15, 0.2) is 34.1 Å². The van der Waals surface area contributed by atoms with Crippen LogP contribution in [0.3, 0.4) is 0 Å². The Morgan fingerprint density at radius 3 is 1.55 bits per heavy atom. The minimum absolute atomic E-state index is 0.333. The molecule has 22 heavy (non-hydrogen) atoms. The summed E-state index contributed by atoms with van der Waals surface area (Å²) >= 11 is 1.38. The average Bonchev–Trinajstić information content (AvgIpc) is 2.45. The van der Waals surface area contributed by atoms with Crippen LogP contribution >= 0.6 is 11.8 Å². The van der Waals surface area contributed by atoms with Crippen molar-refractivity contribution >= 4 is 34.5 Å². The number of rotatable bonds is 2. The van der Waals surface area contributed by atoms with Crippen molar-refractivity contribution in [2.75, 3.05) is 43.3 Å². The second kappa shape index (κ2) is 5.35. The number of nitrogens with one attached hydrogen (secondary N) is 1. The van der Waals surface area contributed by atoms with Crippen molar-refractivity contribution in [3.8, 4) is 0 Å². The third-order valence-corrected chi connectivity index (χ3v) is 4.66. The lowest BCUT2D eigenvalue weighted by molar-refractivity contribution is 0.620. The predicted octanol–water partition coefficient (Wildman–Crippen LogP) is 4.31. The minimum atomic E-state index is -0.379. The number of benzene rings is 2. The summed E-state index contributed by atoms with van der Waals surface area (Å²) in [6.07, 6.45) is 0. The van der Waals surface area contributed by atoms with Crippen molar-refractivity contribution in [3.63, 3.8) is 0 Å². The number of hydrogen-bond donors (Lipinski definition) is 1. The molecule has 1 heterocycles. The maximum absolute atomic E-state index is 14.3. The van der Waals surface area contributed by atoms with E-state index < -0.39 is 0 Å². The van der Waals surface area contributed by atoms with Gasteiger partial charge in [-0.25, -0.2) is 8.78 Å². The van der Waals surface area contributed by atoms with Gasteiger partial charge in [0.2, 0.25) is 0 Å². The molecule has 0 fully saturated rings. The molecule has 6 heteroatoms. The number of fused-ring (bicyclic) bond motifs is 2. The van der Waals surface area contributed by atoms with Crippen LogP contribution in [0.1, 0.15) is 0 Å². The molecule has 0 atom stereocenters. The number of halogens is 2. The van der Waals surface area contributed by atoms with Gasteiger partial charge in [0.05, 0.1) is 11.4 Å². The summed E-state index contributed by atoms with van der Waals surface area (Å²) in [5.41, 5.74) is 2.22. The standard InChI is InChI=1S/C16H17F2N3S/c1-20(2)9-5-11(17)15-13(7-9)22-14-8-10(21(3)4)6-12(18)16(14)19-15/h5-8,19H,1-4H3. The van der Waals surface area contributed by atoms with Gasteiger partial charge in [-0.2, -0.15) is 0 Å². The molecule has 0 saturated carbocycles. The molecule has 2 aromatic carbocycles. The molecular formula is C16H17F2N3S. The topological polar surface area (TPSA) is 18.5 Å². The highest BCUT2D eigenvalue weighted by atomic mass is 32.2. The molecule has 0 saturated heterocycles. The summed E-state index contributed by atoms with van der Waals surface area (Å²) in [5.74, 6) is -0.758. The molecule has 0 unspecified atom stereocenters. The minimum Gasteiger partial charge on any atom is -0.378 e. The lowest BCUT2D eigenvalue weighted by Gasteiger charge is -2.25. The van der Waals surface area contributed by atoms with E-state index in [0.29, 0.717) is 11.4 Å². The summed E-state index contributed by atoms with van der Waals surface area (Å²) in [5, 5.41) is 2.90. The quantitative estimate of drug-likeness (QED) is 0.758. The largest absolute Gasteiger partial charge is 0.378 e. The molecule has 3 rings (SSSR count). The molecule has 0 bridgehead atoms. The van der Waals surface area contributed by atoms with Crippen LogP contribution in [-0.4, -0.2) is 28.2 Å². The van der Waals surface area contributed by atoms with Crippen LogP contribution in [0.4, 0.5) is 31.5 Å². The van der Waals surface area contributed by atoms with Crippen LogP contribution in [0.25, 0.3) is 0 Å².